The van der Waals surface area contributed by atoms with Crippen LogP contribution in [0, 0.1) is 11.3 Å². The van der Waals surface area contributed by atoms with Gasteiger partial charge in [0.1, 0.15) is 11.4 Å². The van der Waals surface area contributed by atoms with E-state index in [4.69, 9.17) is 4.74 Å². The Balaban J connectivity index is 2.07. The monoisotopic (exact) mass is 464 g/mol. The Kier molecular flexibility index (Phi) is 4.05. The topological polar surface area (TPSA) is 9.23 Å². The maximum absolute atomic E-state index is 6.52. The zero-order valence-electron chi connectivity index (χ0n) is 11.8. The van der Waals surface area contributed by atoms with Crippen LogP contribution in [0.4, 0.5) is 0 Å². The number of benzene rings is 1. The number of fused-ring (bicyclic) bond motifs is 2. The van der Waals surface area contributed by atoms with Crippen molar-refractivity contribution in [2.75, 3.05) is 5.33 Å². The minimum absolute atomic E-state index is 0.0609. The molecule has 0 amide bonds. The number of hydrogen-bond donors (Lipinski definition) is 0. The van der Waals surface area contributed by atoms with Crippen LogP contribution in [0.25, 0.3) is 0 Å². The van der Waals surface area contributed by atoms with Crippen LogP contribution in [-0.2, 0) is 6.42 Å². The molecule has 0 N–H and O–H groups in total. The van der Waals surface area contributed by atoms with Crippen LogP contribution >= 0.6 is 47.8 Å². The first-order valence-electron chi connectivity index (χ1n) is 7.06. The minimum atomic E-state index is -0.0609. The Morgan fingerprint density at radius 3 is 2.80 bits per heavy atom. The van der Waals surface area contributed by atoms with E-state index in [9.17, 15) is 0 Å². The van der Waals surface area contributed by atoms with Gasteiger partial charge in [-0.1, -0.05) is 61.6 Å². The Labute approximate surface area is 146 Å². The van der Waals surface area contributed by atoms with Crippen molar-refractivity contribution in [1.29, 1.82) is 0 Å². The fraction of sp³-hybridized carbons (Fsp3) is 0.625. The number of rotatable bonds is 1. The highest BCUT2D eigenvalue weighted by atomic mass is 79.9. The molecular formula is C16H19Br3O. The van der Waals surface area contributed by atoms with Gasteiger partial charge in [0.05, 0.1) is 0 Å². The molecule has 0 bridgehead atoms. The summed E-state index contributed by atoms with van der Waals surface area (Å²) in [5.41, 5.74) is 1.50. The second kappa shape index (κ2) is 5.27. The number of hydrogen-bond acceptors (Lipinski definition) is 1. The van der Waals surface area contributed by atoms with E-state index < -0.39 is 0 Å². The molecule has 0 saturated heterocycles. The van der Waals surface area contributed by atoms with Gasteiger partial charge in [-0.3, -0.25) is 0 Å². The fourth-order valence-electron chi connectivity index (χ4n) is 3.82. The first kappa shape index (κ1) is 15.4. The lowest BCUT2D eigenvalue weighted by Gasteiger charge is -2.56. The van der Waals surface area contributed by atoms with Crippen molar-refractivity contribution in [3.63, 3.8) is 0 Å². The second-order valence-electron chi connectivity index (χ2n) is 6.64. The highest BCUT2D eigenvalue weighted by Crippen LogP contribution is 2.55. The molecule has 1 nitrogen and oxygen atoms in total. The first-order chi connectivity index (χ1) is 9.39. The van der Waals surface area contributed by atoms with Crippen molar-refractivity contribution < 1.29 is 4.74 Å². The molecule has 1 aromatic rings. The van der Waals surface area contributed by atoms with E-state index in [-0.39, 0.29) is 11.0 Å². The van der Waals surface area contributed by atoms with Crippen molar-refractivity contribution in [3.8, 4) is 5.75 Å². The Morgan fingerprint density at radius 2 is 2.10 bits per heavy atom. The van der Waals surface area contributed by atoms with Gasteiger partial charge in [-0.2, -0.15) is 0 Å². The van der Waals surface area contributed by atoms with E-state index in [0.29, 0.717) is 10.7 Å². The van der Waals surface area contributed by atoms with Crippen LogP contribution < -0.4 is 4.74 Å². The summed E-state index contributed by atoms with van der Waals surface area (Å²) in [6.07, 6.45) is 3.37. The summed E-state index contributed by atoms with van der Waals surface area (Å²) < 4.78 is 7.66. The molecule has 1 heterocycles. The Bertz CT molecular complexity index is 528. The van der Waals surface area contributed by atoms with Crippen LogP contribution in [0.3, 0.4) is 0 Å². The highest BCUT2D eigenvalue weighted by Gasteiger charge is 2.55. The van der Waals surface area contributed by atoms with E-state index in [1.807, 2.05) is 0 Å². The van der Waals surface area contributed by atoms with Gasteiger partial charge in [-0.05, 0) is 48.4 Å². The van der Waals surface area contributed by atoms with Gasteiger partial charge in [-0.15, -0.1) is 0 Å². The summed E-state index contributed by atoms with van der Waals surface area (Å²) in [4.78, 5) is 0.560. The molecule has 110 valence electrons. The predicted octanol–water partition coefficient (Wildman–Crippen LogP) is 5.72. The summed E-state index contributed by atoms with van der Waals surface area (Å²) in [5, 5.41) is 0.906. The maximum Gasteiger partial charge on any atom is 0.123 e. The molecule has 1 aromatic carbocycles. The molecular weight excluding hydrogens is 448 g/mol. The summed E-state index contributed by atoms with van der Waals surface area (Å²) >= 11 is 11.2. The van der Waals surface area contributed by atoms with Crippen LogP contribution in [-0.4, -0.2) is 15.8 Å². The van der Waals surface area contributed by atoms with E-state index in [2.05, 4.69) is 79.8 Å². The summed E-state index contributed by atoms with van der Waals surface area (Å²) in [5.74, 6) is 1.59. The van der Waals surface area contributed by atoms with Gasteiger partial charge in [0.2, 0.25) is 0 Å². The predicted molar refractivity (Wildman–Crippen MR) is 94.2 cm³/mol. The standard InChI is InChI=1S/C16H19Br3O/c1-15(2)13-8-10-7-11(18)3-4-12(10)20-16(13,9-17)6-5-14(15)19/h3-4,7,13-14H,5-6,8-9H2,1-2H3/t13-,14-,16+/m0/s1. The fourth-order valence-corrected chi connectivity index (χ4v) is 5.56. The molecule has 2 aliphatic rings. The zero-order valence-corrected chi connectivity index (χ0v) is 16.5. The average molecular weight is 467 g/mol. The van der Waals surface area contributed by atoms with Crippen LogP contribution in [0.2, 0.25) is 0 Å². The van der Waals surface area contributed by atoms with Gasteiger partial charge >= 0.3 is 0 Å². The molecule has 0 unspecified atom stereocenters. The largest absolute Gasteiger partial charge is 0.486 e. The number of alkyl halides is 2. The van der Waals surface area contributed by atoms with E-state index >= 15 is 0 Å². The molecule has 1 saturated carbocycles. The molecule has 3 atom stereocenters. The lowest BCUT2D eigenvalue weighted by Crippen LogP contribution is -2.60. The summed E-state index contributed by atoms with van der Waals surface area (Å²) in [7, 11) is 0. The summed E-state index contributed by atoms with van der Waals surface area (Å²) in [6, 6.07) is 6.39. The normalized spacial score (nSPS) is 34.9. The molecule has 0 spiro atoms. The number of halogens is 3. The van der Waals surface area contributed by atoms with Crippen LogP contribution in [0.1, 0.15) is 32.3 Å². The molecule has 1 fully saturated rings. The Hall–Kier alpha value is 0.460. The molecule has 1 aliphatic heterocycles. The van der Waals surface area contributed by atoms with Crippen molar-refractivity contribution >= 4 is 47.8 Å². The molecule has 20 heavy (non-hydrogen) atoms. The Morgan fingerprint density at radius 1 is 1.35 bits per heavy atom. The zero-order chi connectivity index (χ0) is 14.5. The maximum atomic E-state index is 6.52. The molecule has 4 heteroatoms. The first-order valence-corrected chi connectivity index (χ1v) is 9.89. The van der Waals surface area contributed by atoms with E-state index in [1.165, 1.54) is 12.0 Å². The molecule has 3 rings (SSSR count). The quantitative estimate of drug-likeness (QED) is 0.481. The lowest BCUT2D eigenvalue weighted by molar-refractivity contribution is -0.0729. The number of ether oxygens (including phenoxy) is 1. The smallest absolute Gasteiger partial charge is 0.123 e. The van der Waals surface area contributed by atoms with Gasteiger partial charge in [0.25, 0.3) is 0 Å². The second-order valence-corrected chi connectivity index (χ2v) is 9.22. The third-order valence-corrected chi connectivity index (χ3v) is 8.23. The van der Waals surface area contributed by atoms with Gasteiger partial charge in [0.15, 0.2) is 0 Å². The highest BCUT2D eigenvalue weighted by molar-refractivity contribution is 9.10. The van der Waals surface area contributed by atoms with Crippen molar-refractivity contribution in [1.82, 2.24) is 0 Å². The molecule has 0 radical (unpaired) electrons. The average Bonchev–Trinajstić information content (AvgIpc) is 2.42. The van der Waals surface area contributed by atoms with E-state index in [0.717, 1.165) is 28.4 Å². The van der Waals surface area contributed by atoms with Crippen LogP contribution in [0.5, 0.6) is 5.75 Å². The van der Waals surface area contributed by atoms with Crippen molar-refractivity contribution in [2.24, 2.45) is 11.3 Å². The van der Waals surface area contributed by atoms with Gasteiger partial charge in [0, 0.05) is 20.5 Å². The van der Waals surface area contributed by atoms with Gasteiger partial charge < -0.3 is 4.74 Å². The van der Waals surface area contributed by atoms with Gasteiger partial charge in [-0.25, -0.2) is 0 Å². The third kappa shape index (κ3) is 2.30. The third-order valence-electron chi connectivity index (χ3n) is 5.15. The van der Waals surface area contributed by atoms with Crippen LogP contribution in [0.15, 0.2) is 22.7 Å². The van der Waals surface area contributed by atoms with Crippen molar-refractivity contribution in [2.45, 2.75) is 43.5 Å². The molecule has 0 aromatic heterocycles. The lowest BCUT2D eigenvalue weighted by atomic mass is 9.59. The van der Waals surface area contributed by atoms with Crippen molar-refractivity contribution in [3.05, 3.63) is 28.2 Å². The SMILES string of the molecule is CC1(C)[C@@H](Br)CC[C@]2(CBr)Oc3ccc(Br)cc3C[C@@H]12. The van der Waals surface area contributed by atoms with E-state index in [1.54, 1.807) is 0 Å². The minimum Gasteiger partial charge on any atom is -0.486 e. The molecule has 1 aliphatic carbocycles. The summed E-state index contributed by atoms with van der Waals surface area (Å²) in [6.45, 7) is 4.75.